The molecule has 1 aliphatic rings. The van der Waals surface area contributed by atoms with Gasteiger partial charge in [-0.3, -0.25) is 9.89 Å². The fraction of sp³-hybridized carbons (Fsp3) is 0.391. The number of H-pyrrole nitrogens is 1. The van der Waals surface area contributed by atoms with E-state index in [9.17, 15) is 18.7 Å². The lowest BCUT2D eigenvalue weighted by Crippen LogP contribution is -2.54. The van der Waals surface area contributed by atoms with Crippen molar-refractivity contribution in [3.8, 4) is 0 Å². The van der Waals surface area contributed by atoms with Crippen molar-refractivity contribution in [2.45, 2.75) is 50.3 Å². The van der Waals surface area contributed by atoms with Crippen LogP contribution in [0.25, 0.3) is 0 Å². The minimum atomic E-state index is -0.965. The van der Waals surface area contributed by atoms with Crippen molar-refractivity contribution in [1.29, 1.82) is 0 Å². The molecule has 170 valence electrons. The highest BCUT2D eigenvalue weighted by Crippen LogP contribution is 2.38. The number of thiophene rings is 1. The van der Waals surface area contributed by atoms with Crippen LogP contribution in [0.2, 0.25) is 0 Å². The van der Waals surface area contributed by atoms with Gasteiger partial charge in [0.15, 0.2) is 0 Å². The number of aromatic nitrogens is 2. The number of hydrogen-bond acceptors (Lipinski definition) is 5. The van der Waals surface area contributed by atoms with E-state index in [1.807, 2.05) is 17.6 Å². The maximum Gasteiger partial charge on any atom is 0.217 e. The Balaban J connectivity index is 1.51. The van der Waals surface area contributed by atoms with Crippen molar-refractivity contribution in [2.75, 3.05) is 6.54 Å². The Morgan fingerprint density at radius 2 is 2.12 bits per heavy atom. The summed E-state index contributed by atoms with van der Waals surface area (Å²) in [5.74, 6) is -1.70. The molecule has 4 rings (SSSR count). The van der Waals surface area contributed by atoms with E-state index in [-0.39, 0.29) is 24.4 Å². The average molecular weight is 461 g/mol. The zero-order chi connectivity index (χ0) is 22.7. The number of aliphatic hydroxyl groups is 1. The molecule has 2 heterocycles. The second kappa shape index (κ2) is 9.48. The molecule has 2 aromatic heterocycles. The molecular weight excluding hydrogens is 434 g/mol. The normalized spacial score (nSPS) is 19.9. The fourth-order valence-electron chi connectivity index (χ4n) is 4.43. The minimum absolute atomic E-state index is 0.106. The standard InChI is InChI=1S/C23H26F2N4O2S/c1-14(30)28-20(9-15-7-17(24)10-18(25)8-15)21(31)13-26-23(22-3-2-6-32-22)5-4-19-16(11-23)12-27-29-19/h2-3,6-8,10,12,20-21,26,31H,4-5,9,11,13H2,1H3,(H,27,29)(H,28,30)/t20-,21-,23?/m0/s1. The second-order valence-corrected chi connectivity index (χ2v) is 9.28. The quantitative estimate of drug-likeness (QED) is 0.416. The zero-order valence-corrected chi connectivity index (χ0v) is 18.5. The summed E-state index contributed by atoms with van der Waals surface area (Å²) in [6.45, 7) is 1.56. The van der Waals surface area contributed by atoms with Crippen LogP contribution >= 0.6 is 11.3 Å². The number of rotatable bonds is 8. The Bertz CT molecular complexity index is 1050. The lowest BCUT2D eigenvalue weighted by Gasteiger charge is -2.38. The van der Waals surface area contributed by atoms with Crippen LogP contribution in [0.5, 0.6) is 0 Å². The topological polar surface area (TPSA) is 90.0 Å². The first-order chi connectivity index (χ1) is 15.3. The number of nitrogens with one attached hydrogen (secondary N) is 3. The first-order valence-corrected chi connectivity index (χ1v) is 11.4. The molecule has 0 bridgehead atoms. The maximum atomic E-state index is 13.6. The Morgan fingerprint density at radius 3 is 2.81 bits per heavy atom. The van der Waals surface area contributed by atoms with Gasteiger partial charge in [-0.25, -0.2) is 8.78 Å². The summed E-state index contributed by atoms with van der Waals surface area (Å²) in [5.41, 5.74) is 2.20. The van der Waals surface area contributed by atoms with Crippen molar-refractivity contribution in [1.82, 2.24) is 20.8 Å². The highest BCUT2D eigenvalue weighted by atomic mass is 32.1. The van der Waals surface area contributed by atoms with E-state index in [2.05, 4.69) is 26.9 Å². The molecule has 0 spiro atoms. The predicted octanol–water partition coefficient (Wildman–Crippen LogP) is 2.83. The Morgan fingerprint density at radius 1 is 1.34 bits per heavy atom. The van der Waals surface area contributed by atoms with E-state index < -0.39 is 23.8 Å². The highest BCUT2D eigenvalue weighted by Gasteiger charge is 2.38. The van der Waals surface area contributed by atoms with Crippen LogP contribution in [0.4, 0.5) is 8.78 Å². The van der Waals surface area contributed by atoms with Crippen LogP contribution in [0.3, 0.4) is 0 Å². The Labute approximate surface area is 189 Å². The van der Waals surface area contributed by atoms with E-state index in [1.54, 1.807) is 11.3 Å². The molecule has 9 heteroatoms. The van der Waals surface area contributed by atoms with Crippen molar-refractivity contribution in [3.63, 3.8) is 0 Å². The number of fused-ring (bicyclic) bond motifs is 1. The predicted molar refractivity (Wildman–Crippen MR) is 118 cm³/mol. The molecule has 1 amide bonds. The summed E-state index contributed by atoms with van der Waals surface area (Å²) < 4.78 is 27.3. The van der Waals surface area contributed by atoms with Gasteiger partial charge in [-0.05, 0) is 60.4 Å². The van der Waals surface area contributed by atoms with Crippen LogP contribution in [0.1, 0.15) is 35.0 Å². The van der Waals surface area contributed by atoms with E-state index in [0.29, 0.717) is 5.56 Å². The monoisotopic (exact) mass is 460 g/mol. The smallest absolute Gasteiger partial charge is 0.217 e. The average Bonchev–Trinajstić information content (AvgIpc) is 3.42. The number of halogens is 2. The summed E-state index contributed by atoms with van der Waals surface area (Å²) in [6, 6.07) is 6.61. The van der Waals surface area contributed by atoms with Gasteiger partial charge in [0.05, 0.1) is 23.4 Å². The van der Waals surface area contributed by atoms with E-state index in [0.717, 1.165) is 36.6 Å². The van der Waals surface area contributed by atoms with Crippen molar-refractivity contribution < 1.29 is 18.7 Å². The van der Waals surface area contributed by atoms with Gasteiger partial charge in [0.1, 0.15) is 11.6 Å². The summed E-state index contributed by atoms with van der Waals surface area (Å²) in [5, 5.41) is 26.5. The third kappa shape index (κ3) is 5.06. The summed E-state index contributed by atoms with van der Waals surface area (Å²) in [4.78, 5) is 12.9. The van der Waals surface area contributed by atoms with Crippen LogP contribution in [0.15, 0.2) is 41.9 Å². The third-order valence-corrected chi connectivity index (χ3v) is 7.04. The van der Waals surface area contributed by atoms with E-state index in [1.165, 1.54) is 23.9 Å². The molecule has 1 aromatic carbocycles. The van der Waals surface area contributed by atoms with Crippen LogP contribution in [-0.4, -0.2) is 39.9 Å². The van der Waals surface area contributed by atoms with Gasteiger partial charge in [-0.2, -0.15) is 5.10 Å². The first-order valence-electron chi connectivity index (χ1n) is 10.6. The number of aliphatic hydroxyl groups excluding tert-OH is 1. The molecule has 0 fully saturated rings. The molecule has 3 aromatic rings. The molecule has 0 saturated carbocycles. The molecule has 4 N–H and O–H groups in total. The number of aromatic amines is 1. The minimum Gasteiger partial charge on any atom is -0.390 e. The highest BCUT2D eigenvalue weighted by molar-refractivity contribution is 7.10. The number of amides is 1. The fourth-order valence-corrected chi connectivity index (χ4v) is 5.36. The summed E-state index contributed by atoms with van der Waals surface area (Å²) in [7, 11) is 0. The number of hydrogen-bond donors (Lipinski definition) is 4. The number of benzene rings is 1. The summed E-state index contributed by atoms with van der Waals surface area (Å²) in [6.07, 6.45) is 3.40. The van der Waals surface area contributed by atoms with Crippen LogP contribution in [-0.2, 0) is 29.6 Å². The number of aryl methyl sites for hydroxylation is 1. The molecule has 1 aliphatic carbocycles. The maximum absolute atomic E-state index is 13.6. The van der Waals surface area contributed by atoms with Crippen molar-refractivity contribution in [2.24, 2.45) is 0 Å². The molecular formula is C23H26F2N4O2S. The van der Waals surface area contributed by atoms with Gasteiger partial charge in [0, 0.05) is 30.6 Å². The van der Waals surface area contributed by atoms with Crippen molar-refractivity contribution >= 4 is 17.2 Å². The second-order valence-electron chi connectivity index (χ2n) is 8.33. The van der Waals surface area contributed by atoms with Crippen LogP contribution < -0.4 is 10.6 Å². The lowest BCUT2D eigenvalue weighted by atomic mass is 9.79. The molecule has 0 radical (unpaired) electrons. The van der Waals surface area contributed by atoms with Gasteiger partial charge < -0.3 is 15.7 Å². The lowest BCUT2D eigenvalue weighted by molar-refractivity contribution is -0.120. The van der Waals surface area contributed by atoms with Crippen molar-refractivity contribution in [3.05, 3.63) is 75.2 Å². The molecule has 3 atom stereocenters. The molecule has 1 unspecified atom stereocenters. The van der Waals surface area contributed by atoms with Crippen LogP contribution in [0, 0.1) is 11.6 Å². The number of carbonyl (C=O) groups excluding carboxylic acids is 1. The largest absolute Gasteiger partial charge is 0.390 e. The molecule has 0 saturated heterocycles. The van der Waals surface area contributed by atoms with Gasteiger partial charge in [-0.15, -0.1) is 11.3 Å². The number of carbonyl (C=O) groups is 1. The molecule has 0 aliphatic heterocycles. The first kappa shape index (κ1) is 22.6. The van der Waals surface area contributed by atoms with Gasteiger partial charge in [0.2, 0.25) is 5.91 Å². The molecule has 6 nitrogen and oxygen atoms in total. The zero-order valence-electron chi connectivity index (χ0n) is 17.7. The Hall–Kier alpha value is -2.62. The number of nitrogens with zero attached hydrogens (tertiary/aromatic N) is 1. The van der Waals surface area contributed by atoms with E-state index in [4.69, 9.17) is 0 Å². The van der Waals surface area contributed by atoms with Gasteiger partial charge in [0.25, 0.3) is 0 Å². The van der Waals surface area contributed by atoms with Gasteiger partial charge >= 0.3 is 0 Å². The van der Waals surface area contributed by atoms with Gasteiger partial charge in [-0.1, -0.05) is 6.07 Å². The SMILES string of the molecule is CC(=O)N[C@@H](Cc1cc(F)cc(F)c1)[C@@H](O)CNC1(c2cccs2)CCc2n[nH]cc2C1. The molecule has 32 heavy (non-hydrogen) atoms. The third-order valence-electron chi connectivity index (χ3n) is 5.96. The summed E-state index contributed by atoms with van der Waals surface area (Å²) >= 11 is 1.65. The van der Waals surface area contributed by atoms with E-state index >= 15 is 0 Å². The Kier molecular flexibility index (Phi) is 6.68.